The molecule has 3 aliphatic heterocycles. The predicted molar refractivity (Wildman–Crippen MR) is 79.0 cm³/mol. The van der Waals surface area contributed by atoms with Gasteiger partial charge in [0.1, 0.15) is 0 Å². The third-order valence-electron chi connectivity index (χ3n) is 4.42. The van der Waals surface area contributed by atoms with Crippen molar-refractivity contribution in [3.8, 4) is 0 Å². The number of carbonyl (C=O) groups excluding carboxylic acids is 1. The molecule has 0 aromatic heterocycles. The van der Waals surface area contributed by atoms with Gasteiger partial charge < -0.3 is 15.0 Å². The van der Waals surface area contributed by atoms with Crippen molar-refractivity contribution in [3.63, 3.8) is 0 Å². The summed E-state index contributed by atoms with van der Waals surface area (Å²) in [6.07, 6.45) is 2.53. The summed E-state index contributed by atoms with van der Waals surface area (Å²) in [7, 11) is 0. The summed E-state index contributed by atoms with van der Waals surface area (Å²) >= 11 is 0. The molecule has 20 heavy (non-hydrogen) atoms. The molecule has 0 aliphatic carbocycles. The van der Waals surface area contributed by atoms with Crippen LogP contribution < -0.4 is 5.32 Å². The quantitative estimate of drug-likeness (QED) is 0.856. The van der Waals surface area contributed by atoms with E-state index in [0.717, 1.165) is 18.2 Å². The Morgan fingerprint density at radius 2 is 2.10 bits per heavy atom. The van der Waals surface area contributed by atoms with Crippen LogP contribution in [0.2, 0.25) is 0 Å². The summed E-state index contributed by atoms with van der Waals surface area (Å²) in [6.45, 7) is 5.78. The maximum atomic E-state index is 12.0. The number of piperidine rings is 3. The molecule has 1 unspecified atom stereocenters. The molecule has 108 valence electrons. The second-order valence-corrected chi connectivity index (χ2v) is 5.65. The average Bonchev–Trinajstić information content (AvgIpc) is 2.49. The Bertz CT molecular complexity index is 481. The summed E-state index contributed by atoms with van der Waals surface area (Å²) < 4.78 is 5.13. The van der Waals surface area contributed by atoms with Crippen LogP contribution >= 0.6 is 0 Å². The number of hydrogen-bond acceptors (Lipinski definition) is 4. The van der Waals surface area contributed by atoms with Gasteiger partial charge in [-0.25, -0.2) is 4.79 Å². The lowest BCUT2D eigenvalue weighted by atomic mass is 9.84. The Labute approximate surface area is 120 Å². The van der Waals surface area contributed by atoms with Gasteiger partial charge in [-0.15, -0.1) is 0 Å². The number of para-hydroxylation sites is 1. The highest BCUT2D eigenvalue weighted by Gasteiger charge is 2.34. The second kappa shape index (κ2) is 5.83. The van der Waals surface area contributed by atoms with E-state index >= 15 is 0 Å². The molecule has 1 atom stereocenters. The van der Waals surface area contributed by atoms with Crippen LogP contribution in [0.25, 0.3) is 0 Å². The van der Waals surface area contributed by atoms with Gasteiger partial charge in [0.25, 0.3) is 0 Å². The Hall–Kier alpha value is -1.55. The Morgan fingerprint density at radius 1 is 1.35 bits per heavy atom. The van der Waals surface area contributed by atoms with Gasteiger partial charge in [-0.2, -0.15) is 0 Å². The number of anilines is 1. The summed E-state index contributed by atoms with van der Waals surface area (Å²) in [5, 5.41) is 3.58. The molecule has 4 rings (SSSR count). The zero-order chi connectivity index (χ0) is 13.9. The van der Waals surface area contributed by atoms with Crippen LogP contribution in [0, 0.1) is 5.92 Å². The lowest BCUT2D eigenvalue weighted by Crippen LogP contribution is -2.53. The van der Waals surface area contributed by atoms with Crippen molar-refractivity contribution in [2.24, 2.45) is 5.92 Å². The van der Waals surface area contributed by atoms with Gasteiger partial charge in [0.2, 0.25) is 0 Å². The van der Waals surface area contributed by atoms with Gasteiger partial charge in [-0.3, -0.25) is 0 Å². The first-order valence-electron chi connectivity index (χ1n) is 7.53. The van der Waals surface area contributed by atoms with Crippen LogP contribution in [-0.2, 0) is 4.74 Å². The van der Waals surface area contributed by atoms with E-state index < -0.39 is 0 Å². The standard InChI is InChI=1S/C16H22N2O2/c1-2-20-16(19)13-5-3-4-6-14(13)17-15-11-18-9-7-12(15)8-10-18/h3-6,12,15,17H,2,7-11H2,1H3. The van der Waals surface area contributed by atoms with E-state index in [1.807, 2.05) is 31.2 Å². The zero-order valence-corrected chi connectivity index (χ0v) is 12.0. The van der Waals surface area contributed by atoms with Crippen LogP contribution in [0.15, 0.2) is 24.3 Å². The molecule has 0 radical (unpaired) electrons. The fourth-order valence-corrected chi connectivity index (χ4v) is 3.32. The Balaban J connectivity index is 1.75. The maximum absolute atomic E-state index is 12.0. The molecular weight excluding hydrogens is 252 g/mol. The minimum absolute atomic E-state index is 0.239. The van der Waals surface area contributed by atoms with E-state index in [0.29, 0.717) is 18.2 Å². The van der Waals surface area contributed by atoms with Gasteiger partial charge in [0, 0.05) is 18.3 Å². The van der Waals surface area contributed by atoms with E-state index in [2.05, 4.69) is 10.2 Å². The van der Waals surface area contributed by atoms with Crippen LogP contribution in [0.5, 0.6) is 0 Å². The van der Waals surface area contributed by atoms with Crippen LogP contribution in [0.1, 0.15) is 30.1 Å². The minimum atomic E-state index is -0.239. The fraction of sp³-hybridized carbons (Fsp3) is 0.562. The summed E-state index contributed by atoms with van der Waals surface area (Å²) in [4.78, 5) is 14.5. The smallest absolute Gasteiger partial charge is 0.340 e. The first-order chi connectivity index (χ1) is 9.78. The largest absolute Gasteiger partial charge is 0.462 e. The second-order valence-electron chi connectivity index (χ2n) is 5.65. The van der Waals surface area contributed by atoms with Crippen molar-refractivity contribution >= 4 is 11.7 Å². The first kappa shape index (κ1) is 13.4. The van der Waals surface area contributed by atoms with Crippen molar-refractivity contribution in [1.29, 1.82) is 0 Å². The molecule has 1 aromatic carbocycles. The first-order valence-corrected chi connectivity index (χ1v) is 7.53. The number of nitrogens with one attached hydrogen (secondary N) is 1. The van der Waals surface area contributed by atoms with E-state index in [4.69, 9.17) is 4.74 Å². The van der Waals surface area contributed by atoms with Gasteiger partial charge >= 0.3 is 5.97 Å². The van der Waals surface area contributed by atoms with E-state index in [1.165, 1.54) is 25.9 Å². The average molecular weight is 274 g/mol. The zero-order valence-electron chi connectivity index (χ0n) is 12.0. The molecule has 4 nitrogen and oxygen atoms in total. The van der Waals surface area contributed by atoms with Crippen molar-refractivity contribution in [3.05, 3.63) is 29.8 Å². The number of ether oxygens (including phenoxy) is 1. The fourth-order valence-electron chi connectivity index (χ4n) is 3.32. The Morgan fingerprint density at radius 3 is 2.75 bits per heavy atom. The molecule has 0 spiro atoms. The van der Waals surface area contributed by atoms with E-state index in [-0.39, 0.29) is 5.97 Å². The number of rotatable bonds is 4. The number of benzene rings is 1. The SMILES string of the molecule is CCOC(=O)c1ccccc1NC1CN2CCC1CC2. The van der Waals surface area contributed by atoms with Crippen LogP contribution in [0.4, 0.5) is 5.69 Å². The number of hydrogen-bond donors (Lipinski definition) is 1. The third kappa shape index (κ3) is 2.66. The molecule has 0 amide bonds. The number of carbonyl (C=O) groups is 1. The number of fused-ring (bicyclic) bond motifs is 3. The molecule has 2 bridgehead atoms. The molecule has 0 saturated carbocycles. The van der Waals surface area contributed by atoms with Gasteiger partial charge in [-0.1, -0.05) is 12.1 Å². The molecule has 3 heterocycles. The summed E-state index contributed by atoms with van der Waals surface area (Å²) in [5.41, 5.74) is 1.55. The van der Waals surface area contributed by atoms with Crippen molar-refractivity contribution in [1.82, 2.24) is 4.90 Å². The Kier molecular flexibility index (Phi) is 3.92. The molecule has 3 saturated heterocycles. The minimum Gasteiger partial charge on any atom is -0.462 e. The van der Waals surface area contributed by atoms with Gasteiger partial charge in [0.15, 0.2) is 0 Å². The highest BCUT2D eigenvalue weighted by Crippen LogP contribution is 2.30. The highest BCUT2D eigenvalue weighted by molar-refractivity contribution is 5.95. The predicted octanol–water partition coefficient (Wildman–Crippen LogP) is 2.37. The number of nitrogens with zero attached hydrogens (tertiary/aromatic N) is 1. The summed E-state index contributed by atoms with van der Waals surface area (Å²) in [5.74, 6) is 0.493. The topological polar surface area (TPSA) is 41.6 Å². The van der Waals surface area contributed by atoms with Crippen LogP contribution in [-0.4, -0.2) is 43.2 Å². The lowest BCUT2D eigenvalue weighted by Gasteiger charge is -2.45. The molecule has 1 aromatic rings. The maximum Gasteiger partial charge on any atom is 0.340 e. The van der Waals surface area contributed by atoms with E-state index in [1.54, 1.807) is 0 Å². The van der Waals surface area contributed by atoms with Crippen LogP contribution in [0.3, 0.4) is 0 Å². The monoisotopic (exact) mass is 274 g/mol. The lowest BCUT2D eigenvalue weighted by molar-refractivity contribution is 0.0527. The molecule has 3 fully saturated rings. The third-order valence-corrected chi connectivity index (χ3v) is 4.42. The highest BCUT2D eigenvalue weighted by atomic mass is 16.5. The molecule has 1 N–H and O–H groups in total. The number of esters is 1. The van der Waals surface area contributed by atoms with Crippen molar-refractivity contribution < 1.29 is 9.53 Å². The van der Waals surface area contributed by atoms with Gasteiger partial charge in [-0.05, 0) is 50.9 Å². The molecule has 4 heteroatoms. The van der Waals surface area contributed by atoms with Crippen molar-refractivity contribution in [2.75, 3.05) is 31.6 Å². The summed E-state index contributed by atoms with van der Waals surface area (Å²) in [6, 6.07) is 8.11. The molecule has 3 aliphatic rings. The molecular formula is C16H22N2O2. The van der Waals surface area contributed by atoms with E-state index in [9.17, 15) is 4.79 Å². The normalized spacial score (nSPS) is 28.1. The van der Waals surface area contributed by atoms with Gasteiger partial charge in [0.05, 0.1) is 12.2 Å². The van der Waals surface area contributed by atoms with Crippen molar-refractivity contribution in [2.45, 2.75) is 25.8 Å².